The van der Waals surface area contributed by atoms with Crippen molar-refractivity contribution in [3.8, 4) is 22.9 Å². The van der Waals surface area contributed by atoms with Gasteiger partial charge in [-0.3, -0.25) is 14.5 Å². The first-order valence-electron chi connectivity index (χ1n) is 10.4. The molecule has 0 saturated heterocycles. The normalized spacial score (nSPS) is 10.7. The van der Waals surface area contributed by atoms with Gasteiger partial charge >= 0.3 is 0 Å². The molecule has 2 N–H and O–H groups in total. The lowest BCUT2D eigenvalue weighted by atomic mass is 10.1. The summed E-state index contributed by atoms with van der Waals surface area (Å²) >= 11 is 5.33. The molecule has 0 aliphatic heterocycles. The molecule has 0 unspecified atom stereocenters. The third-order valence-corrected chi connectivity index (χ3v) is 4.99. The van der Waals surface area contributed by atoms with Gasteiger partial charge in [0.2, 0.25) is 5.91 Å². The van der Waals surface area contributed by atoms with Crippen LogP contribution in [0.3, 0.4) is 0 Å². The Balaban J connectivity index is 1.61. The Morgan fingerprint density at radius 3 is 2.65 bits per heavy atom. The number of nitrogens with zero attached hydrogens (tertiary/aromatic N) is 2. The van der Waals surface area contributed by atoms with Crippen molar-refractivity contribution < 1.29 is 14.3 Å². The second-order valence-electron chi connectivity index (χ2n) is 7.06. The summed E-state index contributed by atoms with van der Waals surface area (Å²) in [6, 6.07) is 13.8. The summed E-state index contributed by atoms with van der Waals surface area (Å²) in [6.07, 6.45) is 0.680. The zero-order valence-electron chi connectivity index (χ0n) is 18.1. The first-order valence-corrected chi connectivity index (χ1v) is 10.8. The Labute approximate surface area is 187 Å². The van der Waals surface area contributed by atoms with Crippen molar-refractivity contribution in [3.63, 3.8) is 0 Å². The molecule has 0 aliphatic carbocycles. The number of hydrogen-bond acceptors (Lipinski definition) is 5. The first-order chi connectivity index (χ1) is 15.0. The van der Waals surface area contributed by atoms with Gasteiger partial charge in [0.05, 0.1) is 13.2 Å². The molecular formula is C23H28N4O3S. The number of H-pyrrole nitrogens is 1. The van der Waals surface area contributed by atoms with Crippen LogP contribution in [0.1, 0.15) is 25.0 Å². The third-order valence-electron chi connectivity index (χ3n) is 4.68. The van der Waals surface area contributed by atoms with Gasteiger partial charge in [0, 0.05) is 12.1 Å². The van der Waals surface area contributed by atoms with Crippen LogP contribution in [0.2, 0.25) is 0 Å². The molecule has 0 spiro atoms. The number of amides is 1. The molecule has 1 amide bonds. The van der Waals surface area contributed by atoms with E-state index in [0.29, 0.717) is 36.8 Å². The van der Waals surface area contributed by atoms with Gasteiger partial charge in [0.25, 0.3) is 0 Å². The molecule has 2 aromatic carbocycles. The second-order valence-corrected chi connectivity index (χ2v) is 7.44. The predicted molar refractivity (Wildman–Crippen MR) is 123 cm³/mol. The maximum Gasteiger partial charge on any atom is 0.240 e. The van der Waals surface area contributed by atoms with Gasteiger partial charge in [-0.1, -0.05) is 29.8 Å². The van der Waals surface area contributed by atoms with Crippen molar-refractivity contribution in [1.29, 1.82) is 0 Å². The lowest BCUT2D eigenvalue weighted by molar-refractivity contribution is -0.121. The van der Waals surface area contributed by atoms with E-state index < -0.39 is 0 Å². The molecule has 1 heterocycles. The number of hydrogen-bond donors (Lipinski definition) is 2. The van der Waals surface area contributed by atoms with Crippen LogP contribution in [-0.4, -0.2) is 40.4 Å². The Bertz CT molecular complexity index is 1090. The number of aromatic amines is 1. The quantitative estimate of drug-likeness (QED) is 0.465. The van der Waals surface area contributed by atoms with E-state index in [1.54, 1.807) is 4.57 Å². The monoisotopic (exact) mass is 440 g/mol. The maximum absolute atomic E-state index is 12.5. The minimum Gasteiger partial charge on any atom is -0.490 e. The topological polar surface area (TPSA) is 81.2 Å². The van der Waals surface area contributed by atoms with Gasteiger partial charge in [0.15, 0.2) is 22.1 Å². The molecule has 7 nitrogen and oxygen atoms in total. The molecule has 1 aromatic heterocycles. The van der Waals surface area contributed by atoms with Crippen molar-refractivity contribution in [3.05, 3.63) is 58.4 Å². The van der Waals surface area contributed by atoms with Crippen LogP contribution in [0.15, 0.2) is 42.5 Å². The van der Waals surface area contributed by atoms with E-state index in [9.17, 15) is 4.79 Å². The largest absolute Gasteiger partial charge is 0.490 e. The Morgan fingerprint density at radius 1 is 1.13 bits per heavy atom. The number of rotatable bonds is 10. The summed E-state index contributed by atoms with van der Waals surface area (Å²) in [5, 5.41) is 10.0. The van der Waals surface area contributed by atoms with Gasteiger partial charge < -0.3 is 14.8 Å². The van der Waals surface area contributed by atoms with Crippen LogP contribution in [0.25, 0.3) is 11.4 Å². The minimum absolute atomic E-state index is 0.103. The van der Waals surface area contributed by atoms with E-state index >= 15 is 0 Å². The Morgan fingerprint density at radius 2 is 1.90 bits per heavy atom. The van der Waals surface area contributed by atoms with Crippen LogP contribution in [0.5, 0.6) is 11.5 Å². The smallest absolute Gasteiger partial charge is 0.240 e. The fourth-order valence-electron chi connectivity index (χ4n) is 3.27. The van der Waals surface area contributed by atoms with Crippen LogP contribution in [0.4, 0.5) is 0 Å². The van der Waals surface area contributed by atoms with E-state index in [-0.39, 0.29) is 12.5 Å². The summed E-state index contributed by atoms with van der Waals surface area (Å²) in [5.74, 6) is 1.98. The molecule has 0 fully saturated rings. The summed E-state index contributed by atoms with van der Waals surface area (Å²) in [6.45, 7) is 7.64. The van der Waals surface area contributed by atoms with Gasteiger partial charge in [-0.05, 0) is 63.2 Å². The number of nitrogens with one attached hydrogen (secondary N) is 2. The molecular weight excluding hydrogens is 412 g/mol. The van der Waals surface area contributed by atoms with Gasteiger partial charge in [-0.15, -0.1) is 0 Å². The van der Waals surface area contributed by atoms with Crippen LogP contribution in [-0.2, 0) is 17.8 Å². The van der Waals surface area contributed by atoms with Crippen molar-refractivity contribution in [2.45, 2.75) is 33.7 Å². The molecule has 8 heteroatoms. The molecule has 3 aromatic rings. The zero-order chi connectivity index (χ0) is 22.2. The van der Waals surface area contributed by atoms with Crippen LogP contribution in [0, 0.1) is 11.7 Å². The van der Waals surface area contributed by atoms with E-state index in [1.165, 1.54) is 0 Å². The highest BCUT2D eigenvalue weighted by Gasteiger charge is 2.13. The SMILES string of the molecule is CCOc1ccc(CCNC(=O)Cn2c(-c3cccc(C)c3)n[nH]c2=S)cc1OCC. The van der Waals surface area contributed by atoms with E-state index in [4.69, 9.17) is 21.7 Å². The molecule has 0 radical (unpaired) electrons. The highest BCUT2D eigenvalue weighted by Crippen LogP contribution is 2.28. The van der Waals surface area contributed by atoms with Gasteiger partial charge in [0.1, 0.15) is 6.54 Å². The molecule has 0 saturated carbocycles. The molecule has 3 rings (SSSR count). The number of carbonyl (C=O) groups excluding carboxylic acids is 1. The number of aryl methyl sites for hydroxylation is 1. The van der Waals surface area contributed by atoms with Crippen molar-refractivity contribution in [2.24, 2.45) is 0 Å². The van der Waals surface area contributed by atoms with E-state index in [2.05, 4.69) is 15.5 Å². The molecule has 164 valence electrons. The zero-order valence-corrected chi connectivity index (χ0v) is 18.9. The summed E-state index contributed by atoms with van der Waals surface area (Å²) < 4.78 is 13.4. The van der Waals surface area contributed by atoms with Gasteiger partial charge in [-0.25, -0.2) is 0 Å². The standard InChI is InChI=1S/C23H28N4O3S/c1-4-29-19-10-9-17(14-20(19)30-5-2)11-12-24-21(28)15-27-22(25-26-23(27)31)18-8-6-7-16(3)13-18/h6-10,13-14H,4-5,11-12,15H2,1-3H3,(H,24,28)(H,26,31). The van der Waals surface area contributed by atoms with E-state index in [1.807, 2.05) is 63.2 Å². The van der Waals surface area contributed by atoms with Crippen molar-refractivity contribution >= 4 is 18.1 Å². The predicted octanol–water partition coefficient (Wildman–Crippen LogP) is 4.07. The highest BCUT2D eigenvalue weighted by atomic mass is 32.1. The van der Waals surface area contributed by atoms with Crippen LogP contribution < -0.4 is 14.8 Å². The van der Waals surface area contributed by atoms with Crippen molar-refractivity contribution in [2.75, 3.05) is 19.8 Å². The molecule has 31 heavy (non-hydrogen) atoms. The van der Waals surface area contributed by atoms with Crippen molar-refractivity contribution in [1.82, 2.24) is 20.1 Å². The first kappa shape index (κ1) is 22.6. The average Bonchev–Trinajstić information content (AvgIpc) is 3.10. The lowest BCUT2D eigenvalue weighted by Gasteiger charge is -2.13. The molecule has 0 bridgehead atoms. The van der Waals surface area contributed by atoms with Crippen LogP contribution >= 0.6 is 12.2 Å². The van der Waals surface area contributed by atoms with E-state index in [0.717, 1.165) is 28.2 Å². The second kappa shape index (κ2) is 10.8. The van der Waals surface area contributed by atoms with Gasteiger partial charge in [-0.2, -0.15) is 5.10 Å². The lowest BCUT2D eigenvalue weighted by Crippen LogP contribution is -2.29. The fourth-order valence-corrected chi connectivity index (χ4v) is 3.46. The molecule has 0 atom stereocenters. The fraction of sp³-hybridized carbons (Fsp3) is 0.348. The number of ether oxygens (including phenoxy) is 2. The Kier molecular flexibility index (Phi) is 7.83. The summed E-state index contributed by atoms with van der Waals surface area (Å²) in [5.41, 5.74) is 3.09. The number of carbonyl (C=O) groups is 1. The number of aromatic nitrogens is 3. The summed E-state index contributed by atoms with van der Waals surface area (Å²) in [4.78, 5) is 12.5. The molecule has 0 aliphatic rings. The third kappa shape index (κ3) is 5.95. The maximum atomic E-state index is 12.5. The minimum atomic E-state index is -0.123. The summed E-state index contributed by atoms with van der Waals surface area (Å²) in [7, 11) is 0. The number of benzene rings is 2. The average molecular weight is 441 g/mol. The highest BCUT2D eigenvalue weighted by molar-refractivity contribution is 7.71. The Hall–Kier alpha value is -3.13.